The standard InChI is InChI=1S/C47H28N2S/c1-2-14-35-33(12-1)34-13-3-4-15-36(34)40-25-31(20-22-37(35)40)29-10-9-11-30(24-29)32-21-23-45-41(26-32)42-27-47(48-28-46(42)50-45)49-43-18-7-5-16-38(43)39-17-6-8-19-44(39)49/h1-28H. The van der Waals surface area contributed by atoms with Gasteiger partial charge in [0.25, 0.3) is 0 Å². The average molecular weight is 653 g/mol. The van der Waals surface area contributed by atoms with Crippen LogP contribution in [0, 0.1) is 0 Å². The van der Waals surface area contributed by atoms with Gasteiger partial charge in [0.1, 0.15) is 5.82 Å². The summed E-state index contributed by atoms with van der Waals surface area (Å²) < 4.78 is 4.78. The van der Waals surface area contributed by atoms with E-state index in [1.165, 1.54) is 96.5 Å². The summed E-state index contributed by atoms with van der Waals surface area (Å²) in [6, 6.07) is 59.9. The molecule has 0 N–H and O–H groups in total. The molecule has 0 aliphatic rings. The summed E-state index contributed by atoms with van der Waals surface area (Å²) in [5, 5.41) is 12.8. The third-order valence-electron chi connectivity index (χ3n) is 10.4. The Morgan fingerprint density at radius 3 is 1.46 bits per heavy atom. The van der Waals surface area contributed by atoms with E-state index in [9.17, 15) is 0 Å². The number of hydrogen-bond donors (Lipinski definition) is 0. The third-order valence-corrected chi connectivity index (χ3v) is 11.5. The van der Waals surface area contributed by atoms with Gasteiger partial charge in [-0.1, -0.05) is 121 Å². The van der Waals surface area contributed by atoms with Gasteiger partial charge in [0, 0.05) is 32.4 Å². The van der Waals surface area contributed by atoms with Gasteiger partial charge in [-0.25, -0.2) is 4.98 Å². The van der Waals surface area contributed by atoms with Gasteiger partial charge >= 0.3 is 0 Å². The van der Waals surface area contributed by atoms with Crippen LogP contribution in [0.25, 0.3) is 102 Å². The summed E-state index contributed by atoms with van der Waals surface area (Å²) in [6.45, 7) is 0. The maximum Gasteiger partial charge on any atom is 0.138 e. The molecule has 3 heterocycles. The number of aromatic nitrogens is 2. The van der Waals surface area contributed by atoms with E-state index < -0.39 is 0 Å². The second-order valence-electron chi connectivity index (χ2n) is 13.2. The van der Waals surface area contributed by atoms with E-state index in [1.807, 2.05) is 17.5 Å². The Morgan fingerprint density at radius 2 is 0.820 bits per heavy atom. The molecular formula is C47H28N2S. The predicted molar refractivity (Wildman–Crippen MR) is 215 cm³/mol. The van der Waals surface area contributed by atoms with E-state index in [0.29, 0.717) is 0 Å². The van der Waals surface area contributed by atoms with Gasteiger partial charge in [0.2, 0.25) is 0 Å². The highest BCUT2D eigenvalue weighted by molar-refractivity contribution is 7.25. The van der Waals surface area contributed by atoms with E-state index in [1.54, 1.807) is 0 Å². The smallest absolute Gasteiger partial charge is 0.138 e. The normalized spacial score (nSPS) is 12.0. The average Bonchev–Trinajstić information content (AvgIpc) is 3.73. The molecule has 0 atom stereocenters. The molecule has 232 valence electrons. The quantitative estimate of drug-likeness (QED) is 0.174. The van der Waals surface area contributed by atoms with Crippen LogP contribution in [0.15, 0.2) is 170 Å². The summed E-state index contributed by atoms with van der Waals surface area (Å²) in [4.78, 5) is 5.00. The molecule has 0 spiro atoms. The van der Waals surface area contributed by atoms with Crippen molar-refractivity contribution in [2.24, 2.45) is 0 Å². The number of hydrogen-bond acceptors (Lipinski definition) is 2. The van der Waals surface area contributed by atoms with Crippen LogP contribution in [-0.4, -0.2) is 9.55 Å². The summed E-state index contributed by atoms with van der Waals surface area (Å²) in [6.07, 6.45) is 2.05. The highest BCUT2D eigenvalue weighted by Crippen LogP contribution is 2.40. The summed E-state index contributed by atoms with van der Waals surface area (Å²) in [7, 11) is 0. The number of pyridine rings is 1. The van der Waals surface area contributed by atoms with Crippen LogP contribution in [0.2, 0.25) is 0 Å². The van der Waals surface area contributed by atoms with Gasteiger partial charge in [-0.3, -0.25) is 4.57 Å². The summed E-state index contributed by atoms with van der Waals surface area (Å²) >= 11 is 1.81. The fourth-order valence-electron chi connectivity index (χ4n) is 8.11. The van der Waals surface area contributed by atoms with E-state index in [4.69, 9.17) is 4.98 Å². The highest BCUT2D eigenvalue weighted by atomic mass is 32.1. The largest absolute Gasteiger partial charge is 0.294 e. The van der Waals surface area contributed by atoms with Crippen LogP contribution in [0.1, 0.15) is 0 Å². The molecule has 0 radical (unpaired) electrons. The maximum atomic E-state index is 5.00. The topological polar surface area (TPSA) is 17.8 Å². The lowest BCUT2D eigenvalue weighted by atomic mass is 9.91. The lowest BCUT2D eigenvalue weighted by molar-refractivity contribution is 1.09. The molecule has 8 aromatic carbocycles. The predicted octanol–water partition coefficient (Wildman–Crippen LogP) is 13.3. The van der Waals surface area contributed by atoms with Crippen molar-refractivity contribution in [3.63, 3.8) is 0 Å². The molecule has 11 aromatic rings. The second-order valence-corrected chi connectivity index (χ2v) is 14.2. The lowest BCUT2D eigenvalue weighted by Gasteiger charge is -2.12. The molecule has 0 unspecified atom stereocenters. The fraction of sp³-hybridized carbons (Fsp3) is 0. The molecule has 0 amide bonds. The van der Waals surface area contributed by atoms with Crippen molar-refractivity contribution >= 4 is 85.6 Å². The number of benzene rings is 8. The second kappa shape index (κ2) is 10.6. The maximum absolute atomic E-state index is 5.00. The Balaban J connectivity index is 1.05. The third kappa shape index (κ3) is 4.05. The van der Waals surface area contributed by atoms with Crippen LogP contribution in [0.3, 0.4) is 0 Å². The first-order chi connectivity index (χ1) is 24.8. The van der Waals surface area contributed by atoms with Crippen LogP contribution >= 0.6 is 11.3 Å². The first-order valence-corrected chi connectivity index (χ1v) is 17.9. The van der Waals surface area contributed by atoms with Gasteiger partial charge in [-0.05, 0) is 97.0 Å². The first-order valence-electron chi connectivity index (χ1n) is 17.0. The monoisotopic (exact) mass is 652 g/mol. The van der Waals surface area contributed by atoms with Crippen LogP contribution in [0.5, 0.6) is 0 Å². The minimum Gasteiger partial charge on any atom is -0.294 e. The van der Waals surface area contributed by atoms with Crippen LogP contribution < -0.4 is 0 Å². The minimum atomic E-state index is 0.943. The molecule has 0 aliphatic heterocycles. The molecule has 3 heteroatoms. The van der Waals surface area contributed by atoms with Crippen molar-refractivity contribution in [3.8, 4) is 28.1 Å². The number of thiophene rings is 1. The van der Waals surface area contributed by atoms with Crippen molar-refractivity contribution in [1.82, 2.24) is 9.55 Å². The van der Waals surface area contributed by atoms with Gasteiger partial charge in [-0.2, -0.15) is 0 Å². The highest BCUT2D eigenvalue weighted by Gasteiger charge is 2.15. The molecule has 3 aromatic heterocycles. The molecule has 0 bridgehead atoms. The lowest BCUT2D eigenvalue weighted by Crippen LogP contribution is -1.96. The molecular weight excluding hydrogens is 625 g/mol. The number of fused-ring (bicyclic) bond motifs is 12. The van der Waals surface area contributed by atoms with Gasteiger partial charge in [0.15, 0.2) is 0 Å². The number of rotatable bonds is 3. The van der Waals surface area contributed by atoms with Gasteiger partial charge in [0.05, 0.1) is 15.7 Å². The molecule has 50 heavy (non-hydrogen) atoms. The summed E-state index contributed by atoms with van der Waals surface area (Å²) in [5.74, 6) is 0.943. The Bertz CT molecular complexity index is 3070. The minimum absolute atomic E-state index is 0.943. The van der Waals surface area contributed by atoms with E-state index in [0.717, 1.165) is 5.82 Å². The molecule has 0 saturated heterocycles. The Hall–Kier alpha value is -6.29. The molecule has 0 aliphatic carbocycles. The fourth-order valence-corrected chi connectivity index (χ4v) is 9.14. The Kier molecular flexibility index (Phi) is 5.86. The zero-order valence-electron chi connectivity index (χ0n) is 27.0. The van der Waals surface area contributed by atoms with Crippen molar-refractivity contribution < 1.29 is 0 Å². The van der Waals surface area contributed by atoms with E-state index in [2.05, 4.69) is 168 Å². The number of para-hydroxylation sites is 2. The van der Waals surface area contributed by atoms with Crippen molar-refractivity contribution in [1.29, 1.82) is 0 Å². The van der Waals surface area contributed by atoms with E-state index in [-0.39, 0.29) is 0 Å². The molecule has 0 fully saturated rings. The van der Waals surface area contributed by atoms with Gasteiger partial charge in [-0.15, -0.1) is 11.3 Å². The van der Waals surface area contributed by atoms with Crippen molar-refractivity contribution in [3.05, 3.63) is 170 Å². The van der Waals surface area contributed by atoms with Crippen molar-refractivity contribution in [2.75, 3.05) is 0 Å². The Labute approximate surface area is 292 Å². The zero-order valence-corrected chi connectivity index (χ0v) is 27.8. The zero-order chi connectivity index (χ0) is 32.8. The van der Waals surface area contributed by atoms with Gasteiger partial charge < -0.3 is 0 Å². The van der Waals surface area contributed by atoms with E-state index >= 15 is 0 Å². The van der Waals surface area contributed by atoms with Crippen LogP contribution in [0.4, 0.5) is 0 Å². The van der Waals surface area contributed by atoms with Crippen LogP contribution in [-0.2, 0) is 0 Å². The van der Waals surface area contributed by atoms with Crippen molar-refractivity contribution in [2.45, 2.75) is 0 Å². The SMILES string of the molecule is c1cc(-c2ccc3sc4cnc(-n5c6ccccc6c6ccccc65)cc4c3c2)cc(-c2ccc3c4ccccc4c4ccccc4c3c2)c1. The number of nitrogens with zero attached hydrogens (tertiary/aromatic N) is 2. The first kappa shape index (κ1) is 27.6. The summed E-state index contributed by atoms with van der Waals surface area (Å²) in [5.41, 5.74) is 7.22. The molecule has 11 rings (SSSR count). The molecule has 0 saturated carbocycles. The Morgan fingerprint density at radius 1 is 0.340 bits per heavy atom. The molecule has 2 nitrogen and oxygen atoms in total.